The van der Waals surface area contributed by atoms with E-state index in [0.717, 1.165) is 16.9 Å². The van der Waals surface area contributed by atoms with E-state index in [4.69, 9.17) is 4.74 Å². The standard InChI is InChI=1S/C19H23NO2S/c1-15(23-3)19(21)20(13-16-7-5-4-6-8-16)14-17-9-11-18(22-2)12-10-17/h4-12,15H,13-14H2,1-3H3/t15-/m0/s1. The molecule has 0 aliphatic heterocycles. The molecule has 3 nitrogen and oxygen atoms in total. The van der Waals surface area contributed by atoms with Gasteiger partial charge in [-0.15, -0.1) is 0 Å². The first kappa shape index (κ1) is 17.4. The summed E-state index contributed by atoms with van der Waals surface area (Å²) in [6.45, 7) is 3.18. The fourth-order valence-corrected chi connectivity index (χ4v) is 2.68. The first-order chi connectivity index (χ1) is 11.1. The van der Waals surface area contributed by atoms with Gasteiger partial charge >= 0.3 is 0 Å². The van der Waals surface area contributed by atoms with Crippen LogP contribution in [0, 0.1) is 0 Å². The highest BCUT2D eigenvalue weighted by atomic mass is 32.2. The Hall–Kier alpha value is -1.94. The topological polar surface area (TPSA) is 29.5 Å². The van der Waals surface area contributed by atoms with Crippen molar-refractivity contribution in [3.63, 3.8) is 0 Å². The van der Waals surface area contributed by atoms with Crippen LogP contribution in [0.4, 0.5) is 0 Å². The van der Waals surface area contributed by atoms with Gasteiger partial charge in [0.05, 0.1) is 12.4 Å². The van der Waals surface area contributed by atoms with Crippen LogP contribution in [0.5, 0.6) is 5.75 Å². The maximum atomic E-state index is 12.7. The molecule has 1 amide bonds. The fraction of sp³-hybridized carbons (Fsp3) is 0.316. The minimum Gasteiger partial charge on any atom is -0.497 e. The van der Waals surface area contributed by atoms with E-state index in [9.17, 15) is 4.79 Å². The van der Waals surface area contributed by atoms with Crippen molar-refractivity contribution >= 4 is 17.7 Å². The second-order valence-electron chi connectivity index (χ2n) is 5.41. The molecular formula is C19H23NO2S. The van der Waals surface area contributed by atoms with Crippen LogP contribution in [0.15, 0.2) is 54.6 Å². The Morgan fingerprint density at radius 3 is 2.13 bits per heavy atom. The minimum atomic E-state index is -0.0445. The summed E-state index contributed by atoms with van der Waals surface area (Å²) in [7, 11) is 1.65. The highest BCUT2D eigenvalue weighted by Gasteiger charge is 2.20. The molecule has 0 heterocycles. The maximum absolute atomic E-state index is 12.7. The number of hydrogen-bond acceptors (Lipinski definition) is 3. The van der Waals surface area contributed by atoms with E-state index in [-0.39, 0.29) is 11.2 Å². The number of nitrogens with zero attached hydrogens (tertiary/aromatic N) is 1. The van der Waals surface area contributed by atoms with Gasteiger partial charge in [-0.05, 0) is 36.4 Å². The smallest absolute Gasteiger partial charge is 0.235 e. The van der Waals surface area contributed by atoms with Crippen molar-refractivity contribution in [2.24, 2.45) is 0 Å². The maximum Gasteiger partial charge on any atom is 0.235 e. The van der Waals surface area contributed by atoms with E-state index in [0.29, 0.717) is 13.1 Å². The van der Waals surface area contributed by atoms with Crippen LogP contribution in [-0.2, 0) is 17.9 Å². The largest absolute Gasteiger partial charge is 0.497 e. The van der Waals surface area contributed by atoms with Crippen LogP contribution >= 0.6 is 11.8 Å². The highest BCUT2D eigenvalue weighted by Crippen LogP contribution is 2.18. The van der Waals surface area contributed by atoms with Crippen LogP contribution < -0.4 is 4.74 Å². The number of benzene rings is 2. The molecular weight excluding hydrogens is 306 g/mol. The zero-order valence-corrected chi connectivity index (χ0v) is 14.7. The quantitative estimate of drug-likeness (QED) is 0.769. The van der Waals surface area contributed by atoms with Crippen LogP contribution in [0.25, 0.3) is 0 Å². The van der Waals surface area contributed by atoms with Crippen molar-refractivity contribution < 1.29 is 9.53 Å². The molecule has 0 N–H and O–H groups in total. The lowest BCUT2D eigenvalue weighted by Gasteiger charge is -2.25. The number of rotatable bonds is 7. The summed E-state index contributed by atoms with van der Waals surface area (Å²) in [4.78, 5) is 14.6. The van der Waals surface area contributed by atoms with Crippen molar-refractivity contribution in [3.8, 4) is 5.75 Å². The number of methoxy groups -OCH3 is 1. The number of carbonyl (C=O) groups excluding carboxylic acids is 1. The van der Waals surface area contributed by atoms with E-state index in [1.807, 2.05) is 60.5 Å². The van der Waals surface area contributed by atoms with Gasteiger partial charge in [-0.25, -0.2) is 0 Å². The predicted octanol–water partition coefficient (Wildman–Crippen LogP) is 3.98. The van der Waals surface area contributed by atoms with Gasteiger partial charge in [0.25, 0.3) is 0 Å². The van der Waals surface area contributed by atoms with Crippen LogP contribution in [-0.4, -0.2) is 29.4 Å². The normalized spacial score (nSPS) is 11.8. The van der Waals surface area contributed by atoms with Gasteiger partial charge < -0.3 is 9.64 Å². The molecule has 2 aromatic carbocycles. The average Bonchev–Trinajstić information content (AvgIpc) is 2.61. The lowest BCUT2D eigenvalue weighted by molar-refractivity contribution is -0.131. The molecule has 0 aliphatic carbocycles. The summed E-state index contributed by atoms with van der Waals surface area (Å²) in [5, 5.41) is -0.0445. The van der Waals surface area contributed by atoms with Gasteiger partial charge in [-0.2, -0.15) is 11.8 Å². The summed E-state index contributed by atoms with van der Waals surface area (Å²) in [6, 6.07) is 18.0. The molecule has 4 heteroatoms. The molecule has 0 saturated heterocycles. The Bertz CT molecular complexity index is 613. The fourth-order valence-electron chi connectivity index (χ4n) is 2.32. The molecule has 0 spiro atoms. The number of ether oxygens (including phenoxy) is 1. The molecule has 0 radical (unpaired) electrons. The van der Waals surface area contributed by atoms with Gasteiger partial charge in [0.15, 0.2) is 0 Å². The first-order valence-electron chi connectivity index (χ1n) is 7.62. The van der Waals surface area contributed by atoms with E-state index in [1.54, 1.807) is 18.9 Å². The van der Waals surface area contributed by atoms with E-state index in [2.05, 4.69) is 12.1 Å². The van der Waals surface area contributed by atoms with Crippen LogP contribution in [0.2, 0.25) is 0 Å². The van der Waals surface area contributed by atoms with Gasteiger partial charge in [-0.3, -0.25) is 4.79 Å². The molecule has 2 rings (SSSR count). The third kappa shape index (κ3) is 5.03. The molecule has 2 aromatic rings. The first-order valence-corrected chi connectivity index (χ1v) is 8.91. The molecule has 1 atom stereocenters. The van der Waals surface area contributed by atoms with E-state index < -0.39 is 0 Å². The Balaban J connectivity index is 2.16. The zero-order chi connectivity index (χ0) is 16.7. The third-order valence-corrected chi connectivity index (χ3v) is 4.67. The summed E-state index contributed by atoms with van der Waals surface area (Å²) in [5.41, 5.74) is 2.24. The van der Waals surface area contributed by atoms with Crippen molar-refractivity contribution in [2.75, 3.05) is 13.4 Å². The van der Waals surface area contributed by atoms with Gasteiger partial charge in [0.2, 0.25) is 5.91 Å². The summed E-state index contributed by atoms with van der Waals surface area (Å²) >= 11 is 1.58. The molecule has 0 unspecified atom stereocenters. The SMILES string of the molecule is COc1ccc(CN(Cc2ccccc2)C(=O)[C@H](C)SC)cc1. The summed E-state index contributed by atoms with van der Waals surface area (Å²) in [6.07, 6.45) is 1.97. The molecule has 0 fully saturated rings. The zero-order valence-electron chi connectivity index (χ0n) is 13.9. The number of amides is 1. The predicted molar refractivity (Wildman–Crippen MR) is 96.7 cm³/mol. The Kier molecular flexibility index (Phi) is 6.53. The lowest BCUT2D eigenvalue weighted by atomic mass is 10.1. The molecule has 0 aliphatic rings. The number of thioether (sulfide) groups is 1. The van der Waals surface area contributed by atoms with E-state index >= 15 is 0 Å². The Labute approximate surface area is 142 Å². The Morgan fingerprint density at radius 1 is 1.04 bits per heavy atom. The summed E-state index contributed by atoms with van der Waals surface area (Å²) in [5.74, 6) is 0.990. The molecule has 0 saturated carbocycles. The molecule has 122 valence electrons. The van der Waals surface area contributed by atoms with Gasteiger partial charge in [-0.1, -0.05) is 42.5 Å². The second kappa shape index (κ2) is 8.63. The molecule has 23 heavy (non-hydrogen) atoms. The average molecular weight is 329 g/mol. The number of carbonyl (C=O) groups is 1. The summed E-state index contributed by atoms with van der Waals surface area (Å²) < 4.78 is 5.19. The minimum absolute atomic E-state index is 0.0445. The number of hydrogen-bond donors (Lipinski definition) is 0. The lowest BCUT2D eigenvalue weighted by Crippen LogP contribution is -2.35. The van der Waals surface area contributed by atoms with Gasteiger partial charge in [0.1, 0.15) is 5.75 Å². The van der Waals surface area contributed by atoms with E-state index in [1.165, 1.54) is 0 Å². The highest BCUT2D eigenvalue weighted by molar-refractivity contribution is 7.99. The monoisotopic (exact) mass is 329 g/mol. The van der Waals surface area contributed by atoms with Crippen molar-refractivity contribution in [1.29, 1.82) is 0 Å². The molecule has 0 bridgehead atoms. The second-order valence-corrected chi connectivity index (χ2v) is 6.58. The van der Waals surface area contributed by atoms with Crippen molar-refractivity contribution in [1.82, 2.24) is 4.90 Å². The van der Waals surface area contributed by atoms with Crippen LogP contribution in [0.1, 0.15) is 18.1 Å². The third-order valence-electron chi connectivity index (χ3n) is 3.76. The van der Waals surface area contributed by atoms with Crippen LogP contribution in [0.3, 0.4) is 0 Å². The van der Waals surface area contributed by atoms with Crippen molar-refractivity contribution in [3.05, 3.63) is 65.7 Å². The van der Waals surface area contributed by atoms with Crippen molar-refractivity contribution in [2.45, 2.75) is 25.3 Å². The Morgan fingerprint density at radius 2 is 1.61 bits per heavy atom. The van der Waals surface area contributed by atoms with Gasteiger partial charge in [0, 0.05) is 13.1 Å². The molecule has 0 aromatic heterocycles.